The Hall–Kier alpha value is -2.18. The Kier molecular flexibility index (Phi) is 3.96. The number of hydrogen-bond donors (Lipinski definition) is 1. The third-order valence-corrected chi connectivity index (χ3v) is 4.39. The highest BCUT2D eigenvalue weighted by Crippen LogP contribution is 2.15. The van der Waals surface area contributed by atoms with Crippen LogP contribution < -0.4 is 5.32 Å². The number of fused-ring (bicyclic) bond motifs is 1. The van der Waals surface area contributed by atoms with Crippen molar-refractivity contribution in [3.8, 4) is 0 Å². The van der Waals surface area contributed by atoms with Gasteiger partial charge in [-0.25, -0.2) is 0 Å². The third-order valence-electron chi connectivity index (χ3n) is 4.39. The summed E-state index contributed by atoms with van der Waals surface area (Å²) in [6.45, 7) is 5.44. The van der Waals surface area contributed by atoms with Crippen LogP contribution in [0, 0.1) is 13.8 Å². The Morgan fingerprint density at radius 1 is 1.32 bits per heavy atom. The van der Waals surface area contributed by atoms with Gasteiger partial charge in [-0.05, 0) is 32.3 Å². The molecule has 0 aliphatic carbocycles. The van der Waals surface area contributed by atoms with Crippen molar-refractivity contribution >= 4 is 5.91 Å². The van der Waals surface area contributed by atoms with Gasteiger partial charge in [0.15, 0.2) is 5.82 Å². The molecule has 0 spiro atoms. The summed E-state index contributed by atoms with van der Waals surface area (Å²) >= 11 is 0. The summed E-state index contributed by atoms with van der Waals surface area (Å²) < 4.78 is 3.97. The van der Waals surface area contributed by atoms with E-state index in [2.05, 4.69) is 25.2 Å². The van der Waals surface area contributed by atoms with Crippen molar-refractivity contribution in [3.63, 3.8) is 0 Å². The van der Waals surface area contributed by atoms with Crippen LogP contribution in [0.1, 0.15) is 41.4 Å². The molecule has 3 rings (SSSR count). The van der Waals surface area contributed by atoms with Crippen molar-refractivity contribution in [1.82, 2.24) is 29.9 Å². The average molecular weight is 302 g/mol. The van der Waals surface area contributed by atoms with E-state index in [0.717, 1.165) is 48.8 Å². The predicted octanol–water partition coefficient (Wildman–Crippen LogP) is 0.824. The van der Waals surface area contributed by atoms with E-state index in [1.165, 1.54) is 5.56 Å². The van der Waals surface area contributed by atoms with Crippen LogP contribution in [0.25, 0.3) is 0 Å². The van der Waals surface area contributed by atoms with E-state index in [1.807, 2.05) is 25.6 Å². The van der Waals surface area contributed by atoms with Crippen molar-refractivity contribution in [2.75, 3.05) is 0 Å². The van der Waals surface area contributed by atoms with E-state index < -0.39 is 0 Å². The minimum atomic E-state index is 0.0398. The van der Waals surface area contributed by atoms with Crippen LogP contribution in [0.2, 0.25) is 0 Å². The Morgan fingerprint density at radius 2 is 2.14 bits per heavy atom. The zero-order chi connectivity index (χ0) is 15.7. The highest BCUT2D eigenvalue weighted by atomic mass is 16.1. The Labute approximate surface area is 129 Å². The Bertz CT molecular complexity index is 699. The minimum absolute atomic E-state index is 0.0398. The fourth-order valence-electron chi connectivity index (χ4n) is 3.03. The monoisotopic (exact) mass is 302 g/mol. The maximum atomic E-state index is 12.0. The molecule has 0 unspecified atom stereocenters. The number of nitrogens with one attached hydrogen (secondary N) is 1. The maximum absolute atomic E-state index is 12.0. The van der Waals surface area contributed by atoms with Gasteiger partial charge in [-0.3, -0.25) is 9.48 Å². The summed E-state index contributed by atoms with van der Waals surface area (Å²) in [5, 5.41) is 15.6. The van der Waals surface area contributed by atoms with E-state index in [4.69, 9.17) is 0 Å². The fraction of sp³-hybridized carbons (Fsp3) is 0.600. The molecule has 7 nitrogen and oxygen atoms in total. The summed E-state index contributed by atoms with van der Waals surface area (Å²) in [6, 6.07) is 0. The minimum Gasteiger partial charge on any atom is -0.349 e. The summed E-state index contributed by atoms with van der Waals surface area (Å²) in [7, 11) is 1.93. The SMILES string of the molecule is Cc1nn(C)c(C)c1CCC(=O)NCc1nnc2n1CCC2. The molecule has 0 saturated carbocycles. The van der Waals surface area contributed by atoms with Crippen LogP contribution in [0.3, 0.4) is 0 Å². The van der Waals surface area contributed by atoms with Gasteiger partial charge in [-0.15, -0.1) is 10.2 Å². The van der Waals surface area contributed by atoms with E-state index in [-0.39, 0.29) is 5.91 Å². The molecule has 1 aliphatic heterocycles. The molecule has 1 N–H and O–H groups in total. The molecule has 0 saturated heterocycles. The topological polar surface area (TPSA) is 77.6 Å². The maximum Gasteiger partial charge on any atom is 0.220 e. The van der Waals surface area contributed by atoms with Crippen LogP contribution in [0.5, 0.6) is 0 Å². The molecular weight excluding hydrogens is 280 g/mol. The largest absolute Gasteiger partial charge is 0.349 e. The molecule has 7 heteroatoms. The summed E-state index contributed by atoms with van der Waals surface area (Å²) in [6.07, 6.45) is 3.29. The second-order valence-electron chi connectivity index (χ2n) is 5.84. The van der Waals surface area contributed by atoms with Crippen LogP contribution in [0.4, 0.5) is 0 Å². The van der Waals surface area contributed by atoms with Gasteiger partial charge in [0.2, 0.25) is 5.91 Å². The molecule has 0 bridgehead atoms. The van der Waals surface area contributed by atoms with E-state index in [9.17, 15) is 4.79 Å². The number of rotatable bonds is 5. The number of aryl methyl sites for hydroxylation is 3. The molecule has 0 atom stereocenters. The first-order valence-electron chi connectivity index (χ1n) is 7.73. The molecule has 2 aromatic heterocycles. The number of amides is 1. The number of aromatic nitrogens is 5. The van der Waals surface area contributed by atoms with Gasteiger partial charge in [0.05, 0.1) is 12.2 Å². The molecule has 118 valence electrons. The van der Waals surface area contributed by atoms with Crippen molar-refractivity contribution in [1.29, 1.82) is 0 Å². The van der Waals surface area contributed by atoms with Crippen LogP contribution in [-0.4, -0.2) is 30.5 Å². The van der Waals surface area contributed by atoms with Crippen molar-refractivity contribution in [2.24, 2.45) is 7.05 Å². The molecule has 1 aliphatic rings. The molecule has 3 heterocycles. The Morgan fingerprint density at radius 3 is 2.86 bits per heavy atom. The van der Waals surface area contributed by atoms with Gasteiger partial charge in [0.1, 0.15) is 5.82 Å². The first-order chi connectivity index (χ1) is 10.6. The summed E-state index contributed by atoms with van der Waals surface area (Å²) in [4.78, 5) is 12.0. The van der Waals surface area contributed by atoms with Crippen LogP contribution in [0.15, 0.2) is 0 Å². The van der Waals surface area contributed by atoms with Gasteiger partial charge in [-0.2, -0.15) is 5.10 Å². The number of carbonyl (C=O) groups excluding carboxylic acids is 1. The Balaban J connectivity index is 1.52. The molecule has 0 fully saturated rings. The quantitative estimate of drug-likeness (QED) is 0.887. The highest BCUT2D eigenvalue weighted by Gasteiger charge is 2.17. The van der Waals surface area contributed by atoms with E-state index >= 15 is 0 Å². The molecule has 1 amide bonds. The van der Waals surface area contributed by atoms with Crippen LogP contribution in [-0.2, 0) is 37.8 Å². The first-order valence-corrected chi connectivity index (χ1v) is 7.73. The lowest BCUT2D eigenvalue weighted by molar-refractivity contribution is -0.121. The lowest BCUT2D eigenvalue weighted by Gasteiger charge is -2.06. The first kappa shape index (κ1) is 14.7. The molecule has 0 aromatic carbocycles. The van der Waals surface area contributed by atoms with E-state index in [0.29, 0.717) is 13.0 Å². The molecule has 22 heavy (non-hydrogen) atoms. The van der Waals surface area contributed by atoms with Gasteiger partial charge in [-0.1, -0.05) is 0 Å². The molecule has 2 aromatic rings. The number of nitrogens with zero attached hydrogens (tertiary/aromatic N) is 5. The van der Waals surface area contributed by atoms with Crippen molar-refractivity contribution in [2.45, 2.75) is 52.6 Å². The lowest BCUT2D eigenvalue weighted by atomic mass is 10.1. The van der Waals surface area contributed by atoms with Crippen molar-refractivity contribution < 1.29 is 4.79 Å². The zero-order valence-electron chi connectivity index (χ0n) is 13.4. The van der Waals surface area contributed by atoms with Crippen molar-refractivity contribution in [3.05, 3.63) is 28.6 Å². The van der Waals surface area contributed by atoms with Gasteiger partial charge in [0.25, 0.3) is 0 Å². The zero-order valence-corrected chi connectivity index (χ0v) is 13.4. The lowest BCUT2D eigenvalue weighted by Crippen LogP contribution is -2.25. The second kappa shape index (κ2) is 5.90. The standard InChI is InChI=1S/C15H22N6O/c1-10-12(11(2)20(3)19-10)6-7-15(22)16-9-14-18-17-13-5-4-8-21(13)14/h4-9H2,1-3H3,(H,16,22). The van der Waals surface area contributed by atoms with Gasteiger partial charge < -0.3 is 9.88 Å². The number of carbonyl (C=O) groups is 1. The highest BCUT2D eigenvalue weighted by molar-refractivity contribution is 5.76. The normalized spacial score (nSPS) is 13.4. The van der Waals surface area contributed by atoms with Crippen LogP contribution >= 0.6 is 0 Å². The molecule has 0 radical (unpaired) electrons. The second-order valence-corrected chi connectivity index (χ2v) is 5.84. The predicted molar refractivity (Wildman–Crippen MR) is 81.2 cm³/mol. The summed E-state index contributed by atoms with van der Waals surface area (Å²) in [5.74, 6) is 1.93. The van der Waals surface area contributed by atoms with E-state index in [1.54, 1.807) is 0 Å². The number of hydrogen-bond acceptors (Lipinski definition) is 4. The smallest absolute Gasteiger partial charge is 0.220 e. The average Bonchev–Trinajstić information content (AvgIpc) is 3.13. The molecular formula is C15H22N6O. The van der Waals surface area contributed by atoms with Gasteiger partial charge in [0, 0.05) is 32.1 Å². The van der Waals surface area contributed by atoms with Gasteiger partial charge >= 0.3 is 0 Å². The third kappa shape index (κ3) is 2.75. The summed E-state index contributed by atoms with van der Waals surface area (Å²) in [5.41, 5.74) is 3.30. The fourth-order valence-corrected chi connectivity index (χ4v) is 3.03.